The van der Waals surface area contributed by atoms with E-state index < -0.39 is 0 Å². The van der Waals surface area contributed by atoms with Crippen LogP contribution in [0.15, 0.2) is 24.3 Å². The van der Waals surface area contributed by atoms with Crippen molar-refractivity contribution in [2.45, 2.75) is 32.1 Å². The average molecular weight is 315 g/mol. The molecule has 21 heavy (non-hydrogen) atoms. The van der Waals surface area contributed by atoms with Crippen molar-refractivity contribution in [3.8, 4) is 0 Å². The van der Waals surface area contributed by atoms with Crippen LogP contribution in [0.3, 0.4) is 0 Å². The maximum atomic E-state index is 12.7. The summed E-state index contributed by atoms with van der Waals surface area (Å²) < 4.78 is 12.7. The molecule has 1 amide bonds. The van der Waals surface area contributed by atoms with Gasteiger partial charge in [0.1, 0.15) is 5.82 Å². The van der Waals surface area contributed by atoms with Crippen molar-refractivity contribution in [2.24, 2.45) is 0 Å². The Kier molecular flexibility index (Phi) is 8.31. The predicted molar refractivity (Wildman–Crippen MR) is 85.3 cm³/mol. The summed E-state index contributed by atoms with van der Waals surface area (Å²) in [4.78, 5) is 14.2. The Labute approximate surface area is 132 Å². The molecule has 0 saturated carbocycles. The van der Waals surface area contributed by atoms with E-state index in [9.17, 15) is 9.18 Å². The molecule has 0 aliphatic carbocycles. The second-order valence-corrected chi connectivity index (χ2v) is 5.41. The lowest BCUT2D eigenvalue weighted by molar-refractivity contribution is -0.120. The van der Waals surface area contributed by atoms with Crippen molar-refractivity contribution >= 4 is 18.3 Å². The number of benzene rings is 1. The molecule has 1 saturated heterocycles. The normalized spacial score (nSPS) is 14.7. The molecule has 0 spiro atoms. The van der Waals surface area contributed by atoms with Crippen molar-refractivity contribution in [3.05, 3.63) is 35.6 Å². The smallest absolute Gasteiger partial charge is 0.224 e. The molecule has 5 heteroatoms. The number of carbonyl (C=O) groups excluding carboxylic acids is 1. The van der Waals surface area contributed by atoms with Crippen LogP contribution in [-0.2, 0) is 11.2 Å². The van der Waals surface area contributed by atoms with Gasteiger partial charge in [-0.25, -0.2) is 4.39 Å². The Morgan fingerprint density at radius 1 is 1.14 bits per heavy atom. The van der Waals surface area contributed by atoms with Crippen LogP contribution in [0, 0.1) is 5.82 Å². The molecule has 0 aromatic heterocycles. The van der Waals surface area contributed by atoms with Gasteiger partial charge in [0.15, 0.2) is 0 Å². The summed E-state index contributed by atoms with van der Waals surface area (Å²) in [7, 11) is 0. The van der Waals surface area contributed by atoms with Gasteiger partial charge in [-0.3, -0.25) is 4.79 Å². The summed E-state index contributed by atoms with van der Waals surface area (Å²) in [6.45, 7) is 4.34. The molecule has 0 unspecified atom stereocenters. The van der Waals surface area contributed by atoms with Gasteiger partial charge in [0.25, 0.3) is 0 Å². The van der Waals surface area contributed by atoms with Crippen LogP contribution in [0.1, 0.15) is 31.2 Å². The molecule has 118 valence electrons. The fraction of sp³-hybridized carbons (Fsp3) is 0.562. The molecule has 1 heterocycles. The van der Waals surface area contributed by atoms with Crippen LogP contribution < -0.4 is 5.32 Å². The van der Waals surface area contributed by atoms with Gasteiger partial charge in [0, 0.05) is 6.54 Å². The van der Waals surface area contributed by atoms with E-state index >= 15 is 0 Å². The molecule has 3 nitrogen and oxygen atoms in total. The molecule has 2 rings (SSSR count). The maximum Gasteiger partial charge on any atom is 0.224 e. The molecule has 1 N–H and O–H groups in total. The topological polar surface area (TPSA) is 32.3 Å². The Balaban J connectivity index is 0.00000220. The third kappa shape index (κ3) is 6.91. The molecule has 0 atom stereocenters. The Morgan fingerprint density at radius 3 is 2.48 bits per heavy atom. The predicted octanol–water partition coefficient (Wildman–Crippen LogP) is 2.78. The van der Waals surface area contributed by atoms with Gasteiger partial charge in [-0.05, 0) is 63.0 Å². The quantitative estimate of drug-likeness (QED) is 0.785. The summed E-state index contributed by atoms with van der Waals surface area (Å²) in [6.07, 6.45) is 5.14. The average Bonchev–Trinajstić information content (AvgIpc) is 2.94. The minimum atomic E-state index is -0.268. The standard InChI is InChI=1S/C16H23FN2O.ClH/c17-15-7-5-14(6-8-15)13-16(20)18-9-1-2-10-19-11-3-4-12-19;/h5-8H,1-4,9-13H2,(H,18,20);1H. The highest BCUT2D eigenvalue weighted by Crippen LogP contribution is 2.08. The second-order valence-electron chi connectivity index (χ2n) is 5.41. The maximum absolute atomic E-state index is 12.7. The number of hydrogen-bond donors (Lipinski definition) is 1. The van der Waals surface area contributed by atoms with Crippen LogP contribution in [0.4, 0.5) is 4.39 Å². The lowest BCUT2D eigenvalue weighted by Crippen LogP contribution is -2.27. The summed E-state index contributed by atoms with van der Waals surface area (Å²) >= 11 is 0. The number of hydrogen-bond acceptors (Lipinski definition) is 2. The first-order chi connectivity index (χ1) is 9.74. The number of nitrogens with zero attached hydrogens (tertiary/aromatic N) is 1. The lowest BCUT2D eigenvalue weighted by atomic mass is 10.1. The largest absolute Gasteiger partial charge is 0.356 e. The van der Waals surface area contributed by atoms with E-state index in [0.29, 0.717) is 6.42 Å². The third-order valence-corrected chi connectivity index (χ3v) is 3.70. The van der Waals surface area contributed by atoms with Gasteiger partial charge in [-0.2, -0.15) is 0 Å². The second kappa shape index (κ2) is 9.74. The van der Waals surface area contributed by atoms with Crippen LogP contribution >= 0.6 is 12.4 Å². The molecule has 0 radical (unpaired) electrons. The molecule has 0 bridgehead atoms. The summed E-state index contributed by atoms with van der Waals surface area (Å²) in [5, 5.41) is 2.92. The highest BCUT2D eigenvalue weighted by molar-refractivity contribution is 5.85. The number of carbonyl (C=O) groups is 1. The highest BCUT2D eigenvalue weighted by atomic mass is 35.5. The zero-order valence-electron chi connectivity index (χ0n) is 12.3. The van der Waals surface area contributed by atoms with E-state index in [4.69, 9.17) is 0 Å². The summed E-state index contributed by atoms with van der Waals surface area (Å²) in [5.41, 5.74) is 0.848. The van der Waals surface area contributed by atoms with Crippen molar-refractivity contribution in [1.82, 2.24) is 10.2 Å². The minimum absolute atomic E-state index is 0. The van der Waals surface area contributed by atoms with Crippen LogP contribution in [0.5, 0.6) is 0 Å². The van der Waals surface area contributed by atoms with E-state index in [0.717, 1.165) is 31.5 Å². The van der Waals surface area contributed by atoms with Crippen LogP contribution in [-0.4, -0.2) is 37.0 Å². The number of nitrogens with one attached hydrogen (secondary N) is 1. The van der Waals surface area contributed by atoms with Gasteiger partial charge in [0.2, 0.25) is 5.91 Å². The van der Waals surface area contributed by atoms with E-state index in [1.54, 1.807) is 12.1 Å². The Bertz CT molecular complexity index is 419. The highest BCUT2D eigenvalue weighted by Gasteiger charge is 2.10. The van der Waals surface area contributed by atoms with E-state index in [2.05, 4.69) is 10.2 Å². The van der Waals surface area contributed by atoms with Crippen molar-refractivity contribution in [2.75, 3.05) is 26.2 Å². The molecule has 1 aliphatic heterocycles. The first-order valence-electron chi connectivity index (χ1n) is 7.47. The number of halogens is 2. The van der Waals surface area contributed by atoms with Gasteiger partial charge >= 0.3 is 0 Å². The van der Waals surface area contributed by atoms with E-state index in [-0.39, 0.29) is 24.1 Å². The minimum Gasteiger partial charge on any atom is -0.356 e. The van der Waals surface area contributed by atoms with E-state index in [1.165, 1.54) is 38.1 Å². The molecule has 1 fully saturated rings. The SMILES string of the molecule is Cl.O=C(Cc1ccc(F)cc1)NCCCCN1CCCC1. The first kappa shape index (κ1) is 17.9. The summed E-state index contributed by atoms with van der Waals surface area (Å²) in [5.74, 6) is -0.256. The Morgan fingerprint density at radius 2 is 1.81 bits per heavy atom. The zero-order chi connectivity index (χ0) is 14.2. The van der Waals surface area contributed by atoms with E-state index in [1.807, 2.05) is 0 Å². The van der Waals surface area contributed by atoms with Gasteiger partial charge in [0.05, 0.1) is 6.42 Å². The number of unbranched alkanes of at least 4 members (excludes halogenated alkanes) is 1. The number of amides is 1. The molecule has 1 aromatic rings. The first-order valence-corrected chi connectivity index (χ1v) is 7.47. The van der Waals surface area contributed by atoms with Crippen LogP contribution in [0.2, 0.25) is 0 Å². The molecule has 1 aromatic carbocycles. The van der Waals surface area contributed by atoms with Crippen molar-refractivity contribution < 1.29 is 9.18 Å². The zero-order valence-corrected chi connectivity index (χ0v) is 13.1. The van der Waals surface area contributed by atoms with Gasteiger partial charge in [-0.1, -0.05) is 12.1 Å². The number of likely N-dealkylation sites (tertiary alicyclic amines) is 1. The Hall–Kier alpha value is -1.13. The molecule has 1 aliphatic rings. The van der Waals surface area contributed by atoms with Crippen LogP contribution in [0.25, 0.3) is 0 Å². The van der Waals surface area contributed by atoms with Crippen molar-refractivity contribution in [3.63, 3.8) is 0 Å². The third-order valence-electron chi connectivity index (χ3n) is 3.70. The van der Waals surface area contributed by atoms with Gasteiger partial charge < -0.3 is 10.2 Å². The number of rotatable bonds is 7. The fourth-order valence-corrected chi connectivity index (χ4v) is 2.54. The lowest BCUT2D eigenvalue weighted by Gasteiger charge is -2.14. The summed E-state index contributed by atoms with van der Waals surface area (Å²) in [6, 6.07) is 6.09. The van der Waals surface area contributed by atoms with Gasteiger partial charge in [-0.15, -0.1) is 12.4 Å². The fourth-order valence-electron chi connectivity index (χ4n) is 2.54. The van der Waals surface area contributed by atoms with Crippen molar-refractivity contribution in [1.29, 1.82) is 0 Å². The molecular weight excluding hydrogens is 291 g/mol. The monoisotopic (exact) mass is 314 g/mol. The molecular formula is C16H24ClFN2O.